The van der Waals surface area contributed by atoms with Crippen LogP contribution in [0.4, 0.5) is 4.79 Å². The molecule has 1 aromatic heterocycles. The second-order valence-corrected chi connectivity index (χ2v) is 5.81. The van der Waals surface area contributed by atoms with Crippen molar-refractivity contribution in [3.8, 4) is 0 Å². The predicted octanol–water partition coefficient (Wildman–Crippen LogP) is 2.27. The Morgan fingerprint density at radius 2 is 2.17 bits per heavy atom. The molecule has 0 spiro atoms. The quantitative estimate of drug-likeness (QED) is 0.710. The summed E-state index contributed by atoms with van der Waals surface area (Å²) in [7, 11) is 1.91. The number of carbonyl (C=O) groups is 1. The average molecular weight is 251 g/mol. The third kappa shape index (κ3) is 2.49. The Morgan fingerprint density at radius 1 is 1.50 bits per heavy atom. The van der Waals surface area contributed by atoms with Gasteiger partial charge in [0.1, 0.15) is 5.60 Å². The van der Waals surface area contributed by atoms with E-state index in [2.05, 4.69) is 5.10 Å². The van der Waals surface area contributed by atoms with E-state index >= 15 is 0 Å². The Hall–Kier alpha value is -1.52. The second kappa shape index (κ2) is 4.30. The molecule has 0 fully saturated rings. The molecule has 5 heteroatoms. The van der Waals surface area contributed by atoms with E-state index in [1.807, 2.05) is 40.9 Å². The van der Waals surface area contributed by atoms with Gasteiger partial charge in [0.05, 0.1) is 11.7 Å². The van der Waals surface area contributed by atoms with Crippen molar-refractivity contribution in [3.63, 3.8) is 0 Å². The van der Waals surface area contributed by atoms with E-state index in [1.54, 1.807) is 9.58 Å². The zero-order chi connectivity index (χ0) is 13.5. The van der Waals surface area contributed by atoms with Crippen molar-refractivity contribution in [3.05, 3.63) is 17.5 Å². The number of nitrogens with zero attached hydrogens (tertiary/aromatic N) is 3. The van der Waals surface area contributed by atoms with Gasteiger partial charge in [-0.05, 0) is 39.7 Å². The molecule has 1 amide bonds. The van der Waals surface area contributed by atoms with Gasteiger partial charge in [-0.15, -0.1) is 0 Å². The van der Waals surface area contributed by atoms with Crippen LogP contribution in [0.2, 0.25) is 0 Å². The minimum atomic E-state index is -0.457. The molecule has 0 saturated carbocycles. The van der Waals surface area contributed by atoms with Crippen molar-refractivity contribution in [1.29, 1.82) is 0 Å². The summed E-state index contributed by atoms with van der Waals surface area (Å²) in [5.41, 5.74) is 1.75. The minimum Gasteiger partial charge on any atom is -0.444 e. The lowest BCUT2D eigenvalue weighted by molar-refractivity contribution is 0.0155. The molecule has 1 unspecified atom stereocenters. The second-order valence-electron chi connectivity index (χ2n) is 5.81. The molecule has 1 aromatic rings. The lowest BCUT2D eigenvalue weighted by Crippen LogP contribution is -2.42. The lowest BCUT2D eigenvalue weighted by atomic mass is 10.0. The summed E-state index contributed by atoms with van der Waals surface area (Å²) < 4.78 is 7.23. The zero-order valence-corrected chi connectivity index (χ0v) is 11.7. The Morgan fingerprint density at radius 3 is 2.78 bits per heavy atom. The van der Waals surface area contributed by atoms with Gasteiger partial charge in [0.25, 0.3) is 0 Å². The van der Waals surface area contributed by atoms with E-state index in [9.17, 15) is 4.79 Å². The van der Waals surface area contributed by atoms with Crippen molar-refractivity contribution < 1.29 is 9.53 Å². The maximum atomic E-state index is 12.1. The first-order valence-electron chi connectivity index (χ1n) is 6.30. The summed E-state index contributed by atoms with van der Waals surface area (Å²) in [5, 5.41) is 4.43. The van der Waals surface area contributed by atoms with Crippen LogP contribution in [0.15, 0.2) is 6.20 Å². The fourth-order valence-electron chi connectivity index (χ4n) is 2.25. The average Bonchev–Trinajstić information content (AvgIpc) is 2.57. The van der Waals surface area contributed by atoms with Crippen molar-refractivity contribution >= 4 is 6.09 Å². The highest BCUT2D eigenvalue weighted by atomic mass is 16.6. The van der Waals surface area contributed by atoms with Gasteiger partial charge in [-0.25, -0.2) is 4.79 Å². The number of amides is 1. The largest absolute Gasteiger partial charge is 0.444 e. The molecule has 0 bridgehead atoms. The molecule has 0 aromatic carbocycles. The smallest absolute Gasteiger partial charge is 0.410 e. The Kier molecular flexibility index (Phi) is 3.09. The number of hydrogen-bond acceptors (Lipinski definition) is 3. The van der Waals surface area contributed by atoms with E-state index in [0.29, 0.717) is 6.54 Å². The molecular weight excluding hydrogens is 230 g/mol. The molecule has 100 valence electrons. The lowest BCUT2D eigenvalue weighted by Gasteiger charge is -2.34. The highest BCUT2D eigenvalue weighted by Gasteiger charge is 2.32. The van der Waals surface area contributed by atoms with Crippen LogP contribution in [0.5, 0.6) is 0 Å². The summed E-state index contributed by atoms with van der Waals surface area (Å²) >= 11 is 0. The van der Waals surface area contributed by atoms with Gasteiger partial charge in [-0.3, -0.25) is 9.58 Å². The van der Waals surface area contributed by atoms with E-state index in [1.165, 1.54) is 5.56 Å². The molecule has 2 heterocycles. The number of fused-ring (bicyclic) bond motifs is 1. The summed E-state index contributed by atoms with van der Waals surface area (Å²) in [6.45, 7) is 8.33. The predicted molar refractivity (Wildman–Crippen MR) is 68.3 cm³/mol. The number of aryl methyl sites for hydroxylation is 1. The van der Waals surface area contributed by atoms with Gasteiger partial charge < -0.3 is 4.74 Å². The molecule has 0 aliphatic carbocycles. The van der Waals surface area contributed by atoms with Gasteiger partial charge >= 0.3 is 6.09 Å². The molecular formula is C13H21N3O2. The van der Waals surface area contributed by atoms with E-state index in [0.717, 1.165) is 12.1 Å². The summed E-state index contributed by atoms with van der Waals surface area (Å²) in [4.78, 5) is 13.9. The fraction of sp³-hybridized carbons (Fsp3) is 0.692. The van der Waals surface area contributed by atoms with E-state index in [4.69, 9.17) is 4.74 Å². The first-order valence-corrected chi connectivity index (χ1v) is 6.30. The monoisotopic (exact) mass is 251 g/mol. The van der Waals surface area contributed by atoms with E-state index in [-0.39, 0.29) is 12.1 Å². The van der Waals surface area contributed by atoms with Crippen LogP contribution in [-0.4, -0.2) is 32.9 Å². The first-order chi connectivity index (χ1) is 8.28. The van der Waals surface area contributed by atoms with Crippen LogP contribution < -0.4 is 0 Å². The van der Waals surface area contributed by atoms with Gasteiger partial charge in [0, 0.05) is 19.8 Å². The normalized spacial score (nSPS) is 19.6. The first kappa shape index (κ1) is 12.9. The number of rotatable bonds is 0. The van der Waals surface area contributed by atoms with Crippen molar-refractivity contribution in [1.82, 2.24) is 14.7 Å². The maximum absolute atomic E-state index is 12.1. The number of carbonyl (C=O) groups excluding carboxylic acids is 1. The zero-order valence-electron chi connectivity index (χ0n) is 11.7. The van der Waals surface area contributed by atoms with Crippen molar-refractivity contribution in [2.45, 2.75) is 45.8 Å². The van der Waals surface area contributed by atoms with Gasteiger partial charge in [-0.1, -0.05) is 0 Å². The number of aromatic nitrogens is 2. The standard InChI is InChI=1S/C13H21N3O2/c1-9-11-10(8-15(5)14-11)6-7-16(9)12(17)18-13(2,3)4/h8-9H,6-7H2,1-5H3. The van der Waals surface area contributed by atoms with Crippen LogP contribution in [0.3, 0.4) is 0 Å². The van der Waals surface area contributed by atoms with Gasteiger partial charge in [0.2, 0.25) is 0 Å². The topological polar surface area (TPSA) is 47.4 Å². The van der Waals surface area contributed by atoms with Crippen LogP contribution in [0, 0.1) is 0 Å². The highest BCUT2D eigenvalue weighted by Crippen LogP contribution is 2.29. The fourth-order valence-corrected chi connectivity index (χ4v) is 2.25. The van der Waals surface area contributed by atoms with Crippen LogP contribution in [-0.2, 0) is 18.2 Å². The van der Waals surface area contributed by atoms with E-state index < -0.39 is 5.60 Å². The summed E-state index contributed by atoms with van der Waals surface area (Å²) in [6, 6.07) is -0.0233. The third-order valence-electron chi connectivity index (χ3n) is 3.05. The molecule has 1 aliphatic heterocycles. The molecule has 1 atom stereocenters. The Bertz CT molecular complexity index is 459. The van der Waals surface area contributed by atoms with Gasteiger partial charge in [0.15, 0.2) is 0 Å². The molecule has 0 radical (unpaired) electrons. The summed E-state index contributed by atoms with van der Waals surface area (Å²) in [5.74, 6) is 0. The molecule has 18 heavy (non-hydrogen) atoms. The van der Waals surface area contributed by atoms with Crippen LogP contribution in [0.25, 0.3) is 0 Å². The third-order valence-corrected chi connectivity index (χ3v) is 3.05. The van der Waals surface area contributed by atoms with Crippen LogP contribution >= 0.6 is 0 Å². The molecule has 2 rings (SSSR count). The molecule has 0 N–H and O–H groups in total. The number of hydrogen-bond donors (Lipinski definition) is 0. The Labute approximate surface area is 108 Å². The highest BCUT2D eigenvalue weighted by molar-refractivity contribution is 5.69. The summed E-state index contributed by atoms with van der Waals surface area (Å²) in [6.07, 6.45) is 2.61. The van der Waals surface area contributed by atoms with Crippen molar-refractivity contribution in [2.24, 2.45) is 7.05 Å². The molecule has 0 saturated heterocycles. The van der Waals surface area contributed by atoms with Crippen LogP contribution in [0.1, 0.15) is 45.0 Å². The van der Waals surface area contributed by atoms with Gasteiger partial charge in [-0.2, -0.15) is 5.10 Å². The SMILES string of the molecule is CC1c2nn(C)cc2CCN1C(=O)OC(C)(C)C. The Balaban J connectivity index is 2.16. The molecule has 1 aliphatic rings. The molecule has 5 nitrogen and oxygen atoms in total. The minimum absolute atomic E-state index is 0.0233. The van der Waals surface area contributed by atoms with Crippen molar-refractivity contribution in [2.75, 3.05) is 6.54 Å². The number of ether oxygens (including phenoxy) is 1. The maximum Gasteiger partial charge on any atom is 0.410 e.